The predicted molar refractivity (Wildman–Crippen MR) is 67.8 cm³/mol. The van der Waals surface area contributed by atoms with Gasteiger partial charge >= 0.3 is 0 Å². The fourth-order valence-corrected chi connectivity index (χ4v) is 4.97. The minimum Gasteiger partial charge on any atom is -0.377 e. The van der Waals surface area contributed by atoms with Crippen LogP contribution in [0.4, 0.5) is 0 Å². The number of alkyl halides is 1. The van der Waals surface area contributed by atoms with Gasteiger partial charge in [-0.1, -0.05) is 6.42 Å². The zero-order valence-corrected chi connectivity index (χ0v) is 11.5. The minimum absolute atomic E-state index is 0.0168. The highest BCUT2D eigenvalue weighted by molar-refractivity contribution is 7.89. The van der Waals surface area contributed by atoms with Gasteiger partial charge in [0, 0.05) is 25.1 Å². The summed E-state index contributed by atoms with van der Waals surface area (Å²) in [4.78, 5) is 0. The second kappa shape index (κ2) is 5.87. The van der Waals surface area contributed by atoms with E-state index < -0.39 is 10.0 Å². The highest BCUT2D eigenvalue weighted by Crippen LogP contribution is 2.24. The van der Waals surface area contributed by atoms with Gasteiger partial charge in [-0.3, -0.25) is 0 Å². The van der Waals surface area contributed by atoms with Crippen molar-refractivity contribution in [2.45, 2.75) is 44.2 Å². The Balaban J connectivity index is 2.01. The average molecular weight is 282 g/mol. The van der Waals surface area contributed by atoms with Crippen molar-refractivity contribution in [3.63, 3.8) is 0 Å². The van der Waals surface area contributed by atoms with Gasteiger partial charge < -0.3 is 4.74 Å². The number of hydrogen-bond donors (Lipinski definition) is 0. The molecule has 2 rings (SSSR count). The van der Waals surface area contributed by atoms with E-state index in [2.05, 4.69) is 0 Å². The minimum atomic E-state index is -3.20. The van der Waals surface area contributed by atoms with Gasteiger partial charge in [-0.15, -0.1) is 11.6 Å². The van der Waals surface area contributed by atoms with E-state index in [1.165, 1.54) is 0 Å². The molecule has 0 aromatic heterocycles. The maximum absolute atomic E-state index is 12.3. The van der Waals surface area contributed by atoms with Gasteiger partial charge in [-0.25, -0.2) is 8.42 Å². The van der Waals surface area contributed by atoms with Gasteiger partial charge in [-0.2, -0.15) is 4.31 Å². The highest BCUT2D eigenvalue weighted by Gasteiger charge is 2.34. The monoisotopic (exact) mass is 281 g/mol. The molecule has 0 aromatic rings. The summed E-state index contributed by atoms with van der Waals surface area (Å²) >= 11 is 5.86. The molecule has 2 fully saturated rings. The van der Waals surface area contributed by atoms with Crippen LogP contribution in [0.2, 0.25) is 0 Å². The van der Waals surface area contributed by atoms with E-state index in [0.717, 1.165) is 32.1 Å². The van der Waals surface area contributed by atoms with Crippen molar-refractivity contribution >= 4 is 21.6 Å². The molecule has 2 aliphatic heterocycles. The first-order valence-corrected chi connectivity index (χ1v) is 8.45. The van der Waals surface area contributed by atoms with Crippen molar-refractivity contribution in [3.8, 4) is 0 Å². The molecule has 0 spiro atoms. The lowest BCUT2D eigenvalue weighted by molar-refractivity contribution is 0.125. The predicted octanol–water partition coefficient (Wildman–Crippen LogP) is 1.59. The third kappa shape index (κ3) is 3.34. The third-order valence-corrected chi connectivity index (χ3v) is 5.87. The molecule has 2 aliphatic rings. The van der Waals surface area contributed by atoms with E-state index in [0.29, 0.717) is 19.0 Å². The van der Waals surface area contributed by atoms with Crippen molar-refractivity contribution in [1.82, 2.24) is 4.31 Å². The summed E-state index contributed by atoms with van der Waals surface area (Å²) in [7, 11) is -3.20. The van der Waals surface area contributed by atoms with E-state index in [9.17, 15) is 8.42 Å². The number of halogens is 1. The van der Waals surface area contributed by atoms with Crippen LogP contribution >= 0.6 is 11.6 Å². The van der Waals surface area contributed by atoms with Crippen molar-refractivity contribution in [2.75, 3.05) is 24.8 Å². The molecule has 4 nitrogen and oxygen atoms in total. The lowest BCUT2D eigenvalue weighted by Gasteiger charge is -2.34. The van der Waals surface area contributed by atoms with Crippen LogP contribution in [0.5, 0.6) is 0 Å². The molecule has 17 heavy (non-hydrogen) atoms. The lowest BCUT2D eigenvalue weighted by atomic mass is 10.1. The Morgan fingerprint density at radius 3 is 2.71 bits per heavy atom. The Kier molecular flexibility index (Phi) is 4.69. The number of hydrogen-bond acceptors (Lipinski definition) is 3. The average Bonchev–Trinajstić information content (AvgIpc) is 2.81. The Bertz CT molecular complexity index is 341. The summed E-state index contributed by atoms with van der Waals surface area (Å²) in [6, 6.07) is -0.0168. The first-order chi connectivity index (χ1) is 8.13. The Morgan fingerprint density at radius 2 is 2.06 bits per heavy atom. The maximum Gasteiger partial charge on any atom is 0.216 e. The summed E-state index contributed by atoms with van der Waals surface area (Å²) in [5.41, 5.74) is 0. The van der Waals surface area contributed by atoms with E-state index >= 15 is 0 Å². The van der Waals surface area contributed by atoms with E-state index in [1.54, 1.807) is 4.31 Å². The fraction of sp³-hybridized carbons (Fsp3) is 1.00. The van der Waals surface area contributed by atoms with Gasteiger partial charge in [0.25, 0.3) is 0 Å². The van der Waals surface area contributed by atoms with Gasteiger partial charge in [0.1, 0.15) is 0 Å². The molecule has 0 aliphatic carbocycles. The van der Waals surface area contributed by atoms with Crippen LogP contribution in [-0.4, -0.2) is 49.7 Å². The maximum atomic E-state index is 12.3. The Morgan fingerprint density at radius 1 is 1.24 bits per heavy atom. The van der Waals surface area contributed by atoms with Gasteiger partial charge in [0.2, 0.25) is 10.0 Å². The van der Waals surface area contributed by atoms with Crippen molar-refractivity contribution < 1.29 is 13.2 Å². The highest BCUT2D eigenvalue weighted by atomic mass is 35.5. The van der Waals surface area contributed by atoms with E-state index in [1.807, 2.05) is 0 Å². The summed E-state index contributed by atoms with van der Waals surface area (Å²) in [6.45, 7) is 1.31. The first-order valence-electron chi connectivity index (χ1n) is 6.30. The molecule has 0 N–H and O–H groups in total. The Hall–Kier alpha value is 0.160. The SMILES string of the molecule is O=S(=O)(CC1CCCO1)N1CCCCC1CCl. The van der Waals surface area contributed by atoms with Crippen LogP contribution in [0, 0.1) is 0 Å². The molecule has 2 unspecified atom stereocenters. The fourth-order valence-electron chi connectivity index (χ4n) is 2.60. The zero-order valence-electron chi connectivity index (χ0n) is 9.98. The van der Waals surface area contributed by atoms with Crippen LogP contribution in [0.25, 0.3) is 0 Å². The largest absolute Gasteiger partial charge is 0.377 e. The van der Waals surface area contributed by atoms with Gasteiger partial charge in [0.05, 0.1) is 11.9 Å². The summed E-state index contributed by atoms with van der Waals surface area (Å²) in [5.74, 6) is 0.519. The number of piperidine rings is 1. The van der Waals surface area contributed by atoms with Crippen LogP contribution in [-0.2, 0) is 14.8 Å². The molecule has 2 atom stereocenters. The molecule has 0 amide bonds. The summed E-state index contributed by atoms with van der Waals surface area (Å²) < 4.78 is 31.6. The molecular formula is C11H20ClNO3S. The quantitative estimate of drug-likeness (QED) is 0.735. The molecule has 2 saturated heterocycles. The molecule has 0 radical (unpaired) electrons. The molecule has 2 heterocycles. The van der Waals surface area contributed by atoms with Crippen molar-refractivity contribution in [2.24, 2.45) is 0 Å². The smallest absolute Gasteiger partial charge is 0.216 e. The van der Waals surface area contributed by atoms with Gasteiger partial charge in [-0.05, 0) is 25.7 Å². The molecule has 0 aromatic carbocycles. The molecule has 0 saturated carbocycles. The number of ether oxygens (including phenoxy) is 1. The zero-order chi connectivity index (χ0) is 12.3. The van der Waals surface area contributed by atoms with Gasteiger partial charge in [0.15, 0.2) is 0 Å². The lowest BCUT2D eigenvalue weighted by Crippen LogP contribution is -2.47. The van der Waals surface area contributed by atoms with Crippen molar-refractivity contribution in [1.29, 1.82) is 0 Å². The topological polar surface area (TPSA) is 46.6 Å². The second-order valence-electron chi connectivity index (χ2n) is 4.83. The second-order valence-corrected chi connectivity index (χ2v) is 7.10. The molecular weight excluding hydrogens is 262 g/mol. The van der Waals surface area contributed by atoms with E-state index in [-0.39, 0.29) is 17.9 Å². The number of rotatable bonds is 4. The standard InChI is InChI=1S/C11H20ClNO3S/c12-8-10-4-1-2-6-13(10)17(14,15)9-11-5-3-7-16-11/h10-11H,1-9H2. The van der Waals surface area contributed by atoms with Crippen LogP contribution in [0.1, 0.15) is 32.1 Å². The van der Waals surface area contributed by atoms with Crippen LogP contribution in [0.15, 0.2) is 0 Å². The Labute approximate surface area is 108 Å². The van der Waals surface area contributed by atoms with Crippen molar-refractivity contribution in [3.05, 3.63) is 0 Å². The normalized spacial score (nSPS) is 31.8. The third-order valence-electron chi connectivity index (χ3n) is 3.53. The molecule has 6 heteroatoms. The van der Waals surface area contributed by atoms with E-state index in [4.69, 9.17) is 16.3 Å². The number of nitrogens with zero attached hydrogens (tertiary/aromatic N) is 1. The summed E-state index contributed by atoms with van der Waals surface area (Å²) in [5, 5.41) is 0. The number of sulfonamides is 1. The molecule has 100 valence electrons. The first kappa shape index (κ1) is 13.6. The summed E-state index contributed by atoms with van der Waals surface area (Å²) in [6.07, 6.45) is 4.62. The van der Waals surface area contributed by atoms with Crippen LogP contribution < -0.4 is 0 Å². The van der Waals surface area contributed by atoms with Crippen LogP contribution in [0.3, 0.4) is 0 Å². The molecule has 0 bridgehead atoms.